The van der Waals surface area contributed by atoms with Gasteiger partial charge in [-0.2, -0.15) is 0 Å². The van der Waals surface area contributed by atoms with Crippen molar-refractivity contribution in [2.24, 2.45) is 0 Å². The van der Waals surface area contributed by atoms with Crippen LogP contribution in [0.3, 0.4) is 0 Å². The van der Waals surface area contributed by atoms with Crippen LogP contribution in [-0.2, 0) is 0 Å². The van der Waals surface area contributed by atoms with Gasteiger partial charge in [0.1, 0.15) is 0 Å². The van der Waals surface area contributed by atoms with Crippen molar-refractivity contribution >= 4 is 17.5 Å². The lowest BCUT2D eigenvalue weighted by Gasteiger charge is -2.32. The second-order valence-electron chi connectivity index (χ2n) is 4.24. The number of likely N-dealkylation sites (N-methyl/N-ethyl adjacent to an activating group) is 1. The molecule has 1 atom stereocenters. The quantitative estimate of drug-likeness (QED) is 0.878. The third-order valence-electron chi connectivity index (χ3n) is 3.04. The third kappa shape index (κ3) is 3.06. The van der Waals surface area contributed by atoms with Crippen LogP contribution >= 0.6 is 11.6 Å². The Morgan fingerprint density at radius 3 is 2.88 bits per heavy atom. The van der Waals surface area contributed by atoms with Gasteiger partial charge in [0.2, 0.25) is 5.95 Å². The molecule has 1 unspecified atom stereocenters. The van der Waals surface area contributed by atoms with Crippen LogP contribution in [0.2, 0.25) is 5.02 Å². The number of likely N-dealkylation sites (tertiary alicyclic amines) is 1. The van der Waals surface area contributed by atoms with E-state index >= 15 is 0 Å². The molecule has 0 bridgehead atoms. The van der Waals surface area contributed by atoms with Crippen molar-refractivity contribution in [1.29, 1.82) is 0 Å². The SMILES string of the molecule is CN1CCCCC1CNc1ncc(Cl)cn1. The van der Waals surface area contributed by atoms with Gasteiger partial charge < -0.3 is 10.2 Å². The van der Waals surface area contributed by atoms with Gasteiger partial charge in [0.05, 0.1) is 17.4 Å². The van der Waals surface area contributed by atoms with E-state index in [1.807, 2.05) is 0 Å². The molecule has 2 rings (SSSR count). The molecule has 0 radical (unpaired) electrons. The van der Waals surface area contributed by atoms with Crippen molar-refractivity contribution in [1.82, 2.24) is 14.9 Å². The summed E-state index contributed by atoms with van der Waals surface area (Å²) >= 11 is 5.72. The van der Waals surface area contributed by atoms with E-state index < -0.39 is 0 Å². The Morgan fingerprint density at radius 2 is 2.19 bits per heavy atom. The molecule has 1 aliphatic heterocycles. The molecule has 1 aromatic heterocycles. The van der Waals surface area contributed by atoms with Crippen molar-refractivity contribution < 1.29 is 0 Å². The Labute approximate surface area is 101 Å². The van der Waals surface area contributed by atoms with Crippen LogP contribution in [-0.4, -0.2) is 41.0 Å². The maximum absolute atomic E-state index is 5.72. The monoisotopic (exact) mass is 240 g/mol. The van der Waals surface area contributed by atoms with Gasteiger partial charge in [0.15, 0.2) is 0 Å². The predicted octanol–water partition coefficient (Wildman–Crippen LogP) is 2.03. The second-order valence-corrected chi connectivity index (χ2v) is 4.67. The van der Waals surface area contributed by atoms with Crippen molar-refractivity contribution in [3.05, 3.63) is 17.4 Å². The minimum Gasteiger partial charge on any atom is -0.353 e. The van der Waals surface area contributed by atoms with E-state index in [4.69, 9.17) is 11.6 Å². The number of anilines is 1. The summed E-state index contributed by atoms with van der Waals surface area (Å²) in [6.07, 6.45) is 7.10. The molecule has 5 heteroatoms. The summed E-state index contributed by atoms with van der Waals surface area (Å²) in [6, 6.07) is 0.591. The Morgan fingerprint density at radius 1 is 1.44 bits per heavy atom. The van der Waals surface area contributed by atoms with E-state index in [1.165, 1.54) is 25.8 Å². The van der Waals surface area contributed by atoms with Gasteiger partial charge in [-0.15, -0.1) is 0 Å². The second kappa shape index (κ2) is 5.46. The zero-order valence-corrected chi connectivity index (χ0v) is 10.2. The van der Waals surface area contributed by atoms with Crippen molar-refractivity contribution in [2.75, 3.05) is 25.5 Å². The molecule has 0 aromatic carbocycles. The highest BCUT2D eigenvalue weighted by molar-refractivity contribution is 6.30. The number of rotatable bonds is 3. The molecular formula is C11H17ClN4. The lowest BCUT2D eigenvalue weighted by Crippen LogP contribution is -2.40. The fourth-order valence-corrected chi connectivity index (χ4v) is 2.11. The summed E-state index contributed by atoms with van der Waals surface area (Å²) in [4.78, 5) is 10.6. The van der Waals surface area contributed by atoms with Gasteiger partial charge >= 0.3 is 0 Å². The number of piperidine rings is 1. The number of hydrogen-bond donors (Lipinski definition) is 1. The Kier molecular flexibility index (Phi) is 3.96. The Balaban J connectivity index is 1.84. The van der Waals surface area contributed by atoms with Gasteiger partial charge in [-0.1, -0.05) is 18.0 Å². The highest BCUT2D eigenvalue weighted by Gasteiger charge is 2.18. The summed E-state index contributed by atoms with van der Waals surface area (Å²) in [5, 5.41) is 3.82. The predicted molar refractivity (Wildman–Crippen MR) is 65.8 cm³/mol. The average molecular weight is 241 g/mol. The molecule has 1 aromatic rings. The molecule has 0 spiro atoms. The maximum atomic E-state index is 5.72. The topological polar surface area (TPSA) is 41.0 Å². The lowest BCUT2D eigenvalue weighted by molar-refractivity contribution is 0.194. The van der Waals surface area contributed by atoms with Crippen molar-refractivity contribution in [2.45, 2.75) is 25.3 Å². The first-order chi connectivity index (χ1) is 7.75. The first-order valence-electron chi connectivity index (χ1n) is 5.67. The molecule has 1 N–H and O–H groups in total. The van der Waals surface area contributed by atoms with E-state index in [0.717, 1.165) is 6.54 Å². The normalized spacial score (nSPS) is 22.0. The summed E-state index contributed by atoms with van der Waals surface area (Å²) in [7, 11) is 2.17. The van der Waals surface area contributed by atoms with E-state index in [9.17, 15) is 0 Å². The zero-order chi connectivity index (χ0) is 11.4. The van der Waals surface area contributed by atoms with E-state index in [2.05, 4.69) is 27.2 Å². The molecule has 1 aliphatic rings. The summed E-state index contributed by atoms with van der Waals surface area (Å²) < 4.78 is 0. The van der Waals surface area contributed by atoms with E-state index in [1.54, 1.807) is 12.4 Å². The van der Waals surface area contributed by atoms with E-state index in [0.29, 0.717) is 17.0 Å². The standard InChI is InChI=1S/C11H17ClN4/c1-16-5-3-2-4-10(16)8-15-11-13-6-9(12)7-14-11/h6-7,10H,2-5,8H2,1H3,(H,13,14,15). The van der Waals surface area contributed by atoms with Crippen LogP contribution in [0.1, 0.15) is 19.3 Å². The molecule has 1 fully saturated rings. The van der Waals surface area contributed by atoms with Crippen LogP contribution in [0, 0.1) is 0 Å². The molecule has 4 nitrogen and oxygen atoms in total. The first-order valence-corrected chi connectivity index (χ1v) is 6.05. The third-order valence-corrected chi connectivity index (χ3v) is 3.23. The molecule has 88 valence electrons. The summed E-state index contributed by atoms with van der Waals surface area (Å²) in [5.74, 6) is 0.656. The zero-order valence-electron chi connectivity index (χ0n) is 9.49. The first kappa shape index (κ1) is 11.6. The minimum absolute atomic E-state index is 0.570. The summed E-state index contributed by atoms with van der Waals surface area (Å²) in [5.41, 5.74) is 0. The van der Waals surface area contributed by atoms with Crippen LogP contribution < -0.4 is 5.32 Å². The van der Waals surface area contributed by atoms with Crippen molar-refractivity contribution in [3.8, 4) is 0 Å². The molecular weight excluding hydrogens is 224 g/mol. The van der Waals surface area contributed by atoms with Crippen molar-refractivity contribution in [3.63, 3.8) is 0 Å². The number of nitrogens with one attached hydrogen (secondary N) is 1. The van der Waals surface area contributed by atoms with Gasteiger partial charge in [0.25, 0.3) is 0 Å². The smallest absolute Gasteiger partial charge is 0.222 e. The van der Waals surface area contributed by atoms with Crippen LogP contribution in [0.15, 0.2) is 12.4 Å². The molecule has 0 amide bonds. The Bertz CT molecular complexity index is 327. The largest absolute Gasteiger partial charge is 0.353 e. The molecule has 0 aliphatic carbocycles. The van der Waals surface area contributed by atoms with E-state index in [-0.39, 0.29) is 0 Å². The number of hydrogen-bond acceptors (Lipinski definition) is 4. The number of nitrogens with zero attached hydrogens (tertiary/aromatic N) is 3. The lowest BCUT2D eigenvalue weighted by atomic mass is 10.0. The molecule has 2 heterocycles. The summed E-state index contributed by atoms with van der Waals surface area (Å²) in [6.45, 7) is 2.09. The highest BCUT2D eigenvalue weighted by atomic mass is 35.5. The number of aromatic nitrogens is 2. The van der Waals surface area contributed by atoms with Crippen LogP contribution in [0.5, 0.6) is 0 Å². The fourth-order valence-electron chi connectivity index (χ4n) is 2.01. The van der Waals surface area contributed by atoms with Gasteiger partial charge in [-0.05, 0) is 26.4 Å². The van der Waals surface area contributed by atoms with Gasteiger partial charge in [0, 0.05) is 12.6 Å². The maximum Gasteiger partial charge on any atom is 0.222 e. The van der Waals surface area contributed by atoms with Gasteiger partial charge in [-0.25, -0.2) is 9.97 Å². The number of halogens is 1. The van der Waals surface area contributed by atoms with Crippen LogP contribution in [0.25, 0.3) is 0 Å². The molecule has 0 saturated carbocycles. The van der Waals surface area contributed by atoms with Crippen LogP contribution in [0.4, 0.5) is 5.95 Å². The van der Waals surface area contributed by atoms with Gasteiger partial charge in [-0.3, -0.25) is 0 Å². The fraction of sp³-hybridized carbons (Fsp3) is 0.636. The molecule has 1 saturated heterocycles. The average Bonchev–Trinajstić information content (AvgIpc) is 2.30. The minimum atomic E-state index is 0.570. The highest BCUT2D eigenvalue weighted by Crippen LogP contribution is 2.15. The Hall–Kier alpha value is -0.870. The molecule has 16 heavy (non-hydrogen) atoms.